The fraction of sp³-hybridized carbons (Fsp3) is 0.531. The largest absolute Gasteiger partial charge is 0.493 e. The summed E-state index contributed by atoms with van der Waals surface area (Å²) in [5.41, 5.74) is 0. The molecule has 0 spiro atoms. The Morgan fingerprint density at radius 2 is 1.30 bits per heavy atom. The Kier molecular flexibility index (Phi) is 20.7. The Bertz CT molecular complexity index is 939. The first kappa shape index (κ1) is 36.8. The van der Waals surface area contributed by atoms with Gasteiger partial charge in [-0.05, 0) is 51.0 Å². The quantitative estimate of drug-likeness (QED) is 0.189. The van der Waals surface area contributed by atoms with Crippen LogP contribution in [0.15, 0.2) is 60.7 Å². The van der Waals surface area contributed by atoms with Gasteiger partial charge in [-0.15, -0.1) is 0 Å². The van der Waals surface area contributed by atoms with E-state index in [0.717, 1.165) is 17.9 Å². The average Bonchev–Trinajstić information content (AvgIpc) is 2.92. The van der Waals surface area contributed by atoms with Crippen molar-refractivity contribution in [2.45, 2.75) is 78.4 Å². The summed E-state index contributed by atoms with van der Waals surface area (Å²) >= 11 is 0. The third kappa shape index (κ3) is 17.4. The van der Waals surface area contributed by atoms with Crippen molar-refractivity contribution in [3.63, 3.8) is 0 Å². The van der Waals surface area contributed by atoms with E-state index >= 15 is 0 Å². The van der Waals surface area contributed by atoms with E-state index in [1.165, 1.54) is 0 Å². The molecular weight excluding hydrogens is 512 g/mol. The second-order valence-corrected chi connectivity index (χ2v) is 9.30. The van der Waals surface area contributed by atoms with Gasteiger partial charge in [0, 0.05) is 47.2 Å². The van der Waals surface area contributed by atoms with Gasteiger partial charge in [0.05, 0.1) is 25.4 Å². The van der Waals surface area contributed by atoms with Crippen LogP contribution in [0.1, 0.15) is 67.6 Å². The Morgan fingerprint density at radius 3 is 1.73 bits per heavy atom. The summed E-state index contributed by atoms with van der Waals surface area (Å²) in [6.07, 6.45) is 3.62. The lowest BCUT2D eigenvalue weighted by Crippen LogP contribution is -2.30. The summed E-state index contributed by atoms with van der Waals surface area (Å²) < 4.78 is 21.9. The van der Waals surface area contributed by atoms with Crippen LogP contribution in [-0.2, 0) is 23.9 Å². The lowest BCUT2D eigenvalue weighted by atomic mass is 9.90. The molecule has 0 fully saturated rings. The van der Waals surface area contributed by atoms with Crippen molar-refractivity contribution in [3.05, 3.63) is 60.7 Å². The first-order valence-corrected chi connectivity index (χ1v) is 13.4. The second kappa shape index (κ2) is 22.6. The Balaban J connectivity index is 0. The van der Waals surface area contributed by atoms with Gasteiger partial charge in [0.15, 0.2) is 0 Å². The molecule has 2 rings (SSSR count). The van der Waals surface area contributed by atoms with Gasteiger partial charge in [-0.25, -0.2) is 0 Å². The molecule has 1 N–H and O–H groups in total. The van der Waals surface area contributed by atoms with E-state index < -0.39 is 5.97 Å². The molecule has 226 valence electrons. The van der Waals surface area contributed by atoms with Crippen molar-refractivity contribution >= 4 is 17.5 Å². The molecule has 8 nitrogen and oxygen atoms in total. The molecule has 0 aliphatic rings. The molecular formula is C32H50O8. The Morgan fingerprint density at radius 1 is 0.775 bits per heavy atom. The van der Waals surface area contributed by atoms with Crippen LogP contribution < -0.4 is 9.47 Å². The van der Waals surface area contributed by atoms with Crippen molar-refractivity contribution in [3.8, 4) is 11.5 Å². The van der Waals surface area contributed by atoms with Gasteiger partial charge < -0.3 is 24.1 Å². The van der Waals surface area contributed by atoms with Gasteiger partial charge in [-0.3, -0.25) is 14.4 Å². The first-order chi connectivity index (χ1) is 18.8. The summed E-state index contributed by atoms with van der Waals surface area (Å²) in [5.74, 6) is 0.846. The lowest BCUT2D eigenvalue weighted by molar-refractivity contribution is -0.137. The number of rotatable bonds is 19. The van der Waals surface area contributed by atoms with Gasteiger partial charge in [-0.2, -0.15) is 0 Å². The standard InChI is InChI=1S/C18H26O5.C13H18O3.CH4.H2/c1-14(19)16(10-6-7-11-18(20)21)17(22-2)12-13-23-15-8-4-3-5-9-15;1-11(14)10-13(15-2)8-9-16-12-6-4-3-5-7-12;;/h3-5,8-9,16-17H,6-7,10-13H2,1-2H3,(H,20,21);3-7,13H,8-10H2,1-2H3;1H4;1H/i;;;1+1. The van der Waals surface area contributed by atoms with Crippen LogP contribution in [0, 0.1) is 5.92 Å². The number of benzene rings is 2. The number of ketones is 2. The summed E-state index contributed by atoms with van der Waals surface area (Å²) in [4.78, 5) is 33.3. The monoisotopic (exact) mass is 563 g/mol. The molecule has 3 atom stereocenters. The van der Waals surface area contributed by atoms with Crippen molar-refractivity contribution in [2.24, 2.45) is 5.92 Å². The molecule has 40 heavy (non-hydrogen) atoms. The summed E-state index contributed by atoms with van der Waals surface area (Å²) in [5, 5.41) is 8.66. The number of ether oxygens (including phenoxy) is 4. The maximum absolute atomic E-state index is 11.9. The minimum Gasteiger partial charge on any atom is -0.493 e. The second-order valence-electron chi connectivity index (χ2n) is 9.30. The molecule has 0 saturated heterocycles. The third-order valence-electron chi connectivity index (χ3n) is 6.14. The predicted molar refractivity (Wildman–Crippen MR) is 159 cm³/mol. The number of carbonyl (C=O) groups is 3. The molecule has 8 heteroatoms. The van der Waals surface area contributed by atoms with E-state index in [9.17, 15) is 14.4 Å². The van der Waals surface area contributed by atoms with Crippen LogP contribution in [0.3, 0.4) is 0 Å². The minimum atomic E-state index is -0.802. The third-order valence-corrected chi connectivity index (χ3v) is 6.14. The molecule has 0 aromatic heterocycles. The molecule has 3 unspecified atom stereocenters. The van der Waals surface area contributed by atoms with Gasteiger partial charge in [0.1, 0.15) is 23.1 Å². The first-order valence-electron chi connectivity index (χ1n) is 13.4. The van der Waals surface area contributed by atoms with Crippen molar-refractivity contribution in [1.82, 2.24) is 0 Å². The van der Waals surface area contributed by atoms with Crippen LogP contribution in [0.4, 0.5) is 0 Å². The number of carbonyl (C=O) groups excluding carboxylic acids is 2. The number of Topliss-reactive ketones (excluding diaryl/α,β-unsaturated/α-hetero) is 2. The Labute approximate surface area is 241 Å². The predicted octanol–water partition coefficient (Wildman–Crippen LogP) is 6.65. The molecule has 0 amide bonds. The highest BCUT2D eigenvalue weighted by molar-refractivity contribution is 5.78. The van der Waals surface area contributed by atoms with Crippen LogP contribution in [-0.4, -0.2) is 62.3 Å². The van der Waals surface area contributed by atoms with E-state index in [2.05, 4.69) is 0 Å². The minimum absolute atomic E-state index is 0. The van der Waals surface area contributed by atoms with Gasteiger partial charge in [0.25, 0.3) is 0 Å². The normalized spacial score (nSPS) is 12.5. The number of para-hydroxylation sites is 2. The van der Waals surface area contributed by atoms with Crippen LogP contribution in [0.2, 0.25) is 0 Å². The summed E-state index contributed by atoms with van der Waals surface area (Å²) in [7, 11) is 3.22. The number of aliphatic carboxylic acids is 1. The SMILES string of the molecule is C.COC(CCOc1ccccc1)C(CCCCC(=O)O)C(C)=O.COC(CCOc1ccccc1)CC(C)=O.[2HH]. The zero-order chi connectivity index (χ0) is 28.9. The van der Waals surface area contributed by atoms with Crippen molar-refractivity contribution < 1.29 is 39.9 Å². The maximum atomic E-state index is 11.9. The molecule has 0 bridgehead atoms. The van der Waals surface area contributed by atoms with Gasteiger partial charge in [0.2, 0.25) is 0 Å². The van der Waals surface area contributed by atoms with E-state index in [1.807, 2.05) is 60.7 Å². The number of methoxy groups -OCH3 is 2. The van der Waals surface area contributed by atoms with Crippen molar-refractivity contribution in [1.29, 1.82) is 0 Å². The number of unbranched alkanes of at least 4 members (excludes halogenated alkanes) is 1. The lowest BCUT2D eigenvalue weighted by Gasteiger charge is -2.24. The van der Waals surface area contributed by atoms with E-state index in [-0.39, 0.29) is 45.0 Å². The van der Waals surface area contributed by atoms with Gasteiger partial charge in [-0.1, -0.05) is 50.2 Å². The Hall–Kier alpha value is -3.23. The molecule has 0 aliphatic heterocycles. The molecule has 0 saturated carbocycles. The summed E-state index contributed by atoms with van der Waals surface area (Å²) in [6.45, 7) is 4.17. The molecule has 2 aromatic rings. The number of carboxylic acid groups (broad SMARTS) is 1. The van der Waals surface area contributed by atoms with E-state index in [4.69, 9.17) is 24.1 Å². The molecule has 0 heterocycles. The average molecular weight is 564 g/mol. The zero-order valence-electron chi connectivity index (χ0n) is 23.7. The highest BCUT2D eigenvalue weighted by atomic mass is 16.5. The summed E-state index contributed by atoms with van der Waals surface area (Å²) in [6, 6.07) is 19.1. The molecule has 2 aromatic carbocycles. The van der Waals surface area contributed by atoms with Crippen molar-refractivity contribution in [2.75, 3.05) is 27.4 Å². The highest BCUT2D eigenvalue weighted by Gasteiger charge is 2.25. The van der Waals surface area contributed by atoms with Crippen LogP contribution in [0.25, 0.3) is 0 Å². The smallest absolute Gasteiger partial charge is 0.303 e. The number of hydrogen-bond acceptors (Lipinski definition) is 7. The van der Waals surface area contributed by atoms with E-state index in [1.54, 1.807) is 28.1 Å². The molecule has 0 radical (unpaired) electrons. The fourth-order valence-corrected chi connectivity index (χ4v) is 4.03. The van der Waals surface area contributed by atoms with E-state index in [0.29, 0.717) is 45.3 Å². The van der Waals surface area contributed by atoms with Crippen LogP contribution in [0.5, 0.6) is 11.5 Å². The highest BCUT2D eigenvalue weighted by Crippen LogP contribution is 2.21. The zero-order valence-corrected chi connectivity index (χ0v) is 23.7. The maximum Gasteiger partial charge on any atom is 0.303 e. The number of carboxylic acids is 1. The molecule has 0 aliphatic carbocycles. The fourth-order valence-electron chi connectivity index (χ4n) is 4.03. The van der Waals surface area contributed by atoms with Gasteiger partial charge >= 0.3 is 5.97 Å². The number of hydrogen-bond donors (Lipinski definition) is 1. The van der Waals surface area contributed by atoms with Crippen LogP contribution >= 0.6 is 0 Å². The topological polar surface area (TPSA) is 108 Å².